The van der Waals surface area contributed by atoms with Crippen molar-refractivity contribution in [1.82, 2.24) is 9.71 Å². The fourth-order valence-electron chi connectivity index (χ4n) is 4.05. The number of halogens is 1. The Morgan fingerprint density at radius 2 is 1.95 bits per heavy atom. The first kappa shape index (κ1) is 29.4. The van der Waals surface area contributed by atoms with Crippen LogP contribution in [0.5, 0.6) is 11.5 Å². The van der Waals surface area contributed by atoms with Crippen molar-refractivity contribution < 1.29 is 32.4 Å². The largest absolute Gasteiger partial charge is 0.598 e. The van der Waals surface area contributed by atoms with Crippen molar-refractivity contribution in [2.45, 2.75) is 52.0 Å². The average molecular weight is 569 g/mol. The molecule has 40 heavy (non-hydrogen) atoms. The third-order valence-electron chi connectivity index (χ3n) is 6.02. The summed E-state index contributed by atoms with van der Waals surface area (Å²) in [6.45, 7) is 8.16. The fourth-order valence-corrected chi connectivity index (χ4v) is 4.76. The molecule has 0 unspecified atom stereocenters. The fraction of sp³-hybridized carbons (Fsp3) is 0.333. The summed E-state index contributed by atoms with van der Waals surface area (Å²) in [7, 11) is 1.55. The third-order valence-corrected chi connectivity index (χ3v) is 7.54. The van der Waals surface area contributed by atoms with E-state index < -0.39 is 22.1 Å². The van der Waals surface area contributed by atoms with Crippen molar-refractivity contribution in [3.63, 3.8) is 0 Å². The lowest BCUT2D eigenvalue weighted by molar-refractivity contribution is -0.142. The van der Waals surface area contributed by atoms with Gasteiger partial charge >= 0.3 is 5.97 Å². The predicted molar refractivity (Wildman–Crippen MR) is 152 cm³/mol. The zero-order valence-electron chi connectivity index (χ0n) is 23.2. The Balaban J connectivity index is 1.62. The van der Waals surface area contributed by atoms with Crippen molar-refractivity contribution in [1.29, 1.82) is 0 Å². The molecule has 4 aromatic rings. The summed E-state index contributed by atoms with van der Waals surface area (Å²) < 4.78 is 51.2. The van der Waals surface area contributed by atoms with Gasteiger partial charge in [-0.1, -0.05) is 6.07 Å². The number of rotatable bonds is 11. The van der Waals surface area contributed by atoms with Crippen LogP contribution in [-0.2, 0) is 40.5 Å². The van der Waals surface area contributed by atoms with Crippen LogP contribution in [0.2, 0.25) is 0 Å². The summed E-state index contributed by atoms with van der Waals surface area (Å²) in [5.41, 5.74) is 3.93. The first-order chi connectivity index (χ1) is 19.1. The summed E-state index contributed by atoms with van der Waals surface area (Å²) in [5, 5.41) is 0.580. The second kappa shape index (κ2) is 12.7. The Bertz CT molecular complexity index is 1480. The molecule has 0 aliphatic carbocycles. The molecule has 0 fully saturated rings. The standard InChI is InChI=1S/C30H33FN2O6S/c1-6-37-28(34)15-21-7-8-24(36-5)16-26(21)38-18-19-11-22-14-27(31)39-29(22)25(12-19)20-9-10-32-23(13-20)17-33-40(35)30(2,3)4/h7-14,16,33H,6,15,17-18H2,1-5H3/t40-/m0/s1. The molecule has 0 saturated heterocycles. The topological polar surface area (TPSA) is 106 Å². The van der Waals surface area contributed by atoms with Crippen LogP contribution in [0.25, 0.3) is 22.1 Å². The molecule has 0 radical (unpaired) electrons. The van der Waals surface area contributed by atoms with E-state index >= 15 is 0 Å². The van der Waals surface area contributed by atoms with Crippen LogP contribution < -0.4 is 14.2 Å². The molecule has 0 spiro atoms. The number of pyridine rings is 1. The zero-order valence-corrected chi connectivity index (χ0v) is 24.0. The van der Waals surface area contributed by atoms with Gasteiger partial charge in [-0.05, 0) is 69.2 Å². The van der Waals surface area contributed by atoms with Crippen LogP contribution in [0.3, 0.4) is 0 Å². The van der Waals surface area contributed by atoms with Crippen LogP contribution in [0.1, 0.15) is 44.5 Å². The molecule has 0 bridgehead atoms. The summed E-state index contributed by atoms with van der Waals surface area (Å²) >= 11 is -1.25. The van der Waals surface area contributed by atoms with Crippen molar-refractivity contribution >= 4 is 28.3 Å². The van der Waals surface area contributed by atoms with Gasteiger partial charge < -0.3 is 23.2 Å². The minimum Gasteiger partial charge on any atom is -0.598 e. The molecule has 212 valence electrons. The SMILES string of the molecule is CCOC(=O)Cc1ccc(OC)cc1OCc1cc(-c2ccnc(CN[S@@+]([O-])C(C)(C)C)c2)c2oc(F)cc2c1. The lowest BCUT2D eigenvalue weighted by atomic mass is 10.0. The van der Waals surface area contributed by atoms with E-state index in [1.54, 1.807) is 44.5 Å². The van der Waals surface area contributed by atoms with E-state index in [1.165, 1.54) is 6.07 Å². The molecule has 0 aliphatic rings. The van der Waals surface area contributed by atoms with Gasteiger partial charge in [0.25, 0.3) is 6.01 Å². The molecule has 2 aromatic heterocycles. The lowest BCUT2D eigenvalue weighted by Gasteiger charge is -2.23. The van der Waals surface area contributed by atoms with Gasteiger partial charge in [-0.3, -0.25) is 9.78 Å². The van der Waals surface area contributed by atoms with Gasteiger partial charge in [0.05, 0.1) is 32.4 Å². The van der Waals surface area contributed by atoms with Gasteiger partial charge in [0, 0.05) is 46.2 Å². The van der Waals surface area contributed by atoms with Gasteiger partial charge in [-0.15, -0.1) is 4.72 Å². The van der Waals surface area contributed by atoms with Crippen LogP contribution in [0, 0.1) is 6.01 Å². The number of hydrogen-bond donors (Lipinski definition) is 1. The quantitative estimate of drug-likeness (QED) is 0.177. The maximum atomic E-state index is 14.2. The number of carbonyl (C=O) groups excluding carboxylic acids is 1. The minimum atomic E-state index is -1.25. The summed E-state index contributed by atoms with van der Waals surface area (Å²) in [4.78, 5) is 16.5. The number of fused-ring (bicyclic) bond motifs is 1. The second-order valence-corrected chi connectivity index (χ2v) is 12.1. The van der Waals surface area contributed by atoms with Gasteiger partial charge in [0.15, 0.2) is 0 Å². The third kappa shape index (κ3) is 7.32. The number of aromatic nitrogens is 1. The first-order valence-electron chi connectivity index (χ1n) is 12.9. The summed E-state index contributed by atoms with van der Waals surface area (Å²) in [6.07, 6.45) is 1.71. The molecule has 8 nitrogen and oxygen atoms in total. The highest BCUT2D eigenvalue weighted by molar-refractivity contribution is 7.90. The number of esters is 1. The van der Waals surface area contributed by atoms with Crippen LogP contribution in [0.15, 0.2) is 59.1 Å². The highest BCUT2D eigenvalue weighted by Crippen LogP contribution is 2.34. The van der Waals surface area contributed by atoms with Crippen LogP contribution in [-0.4, -0.2) is 34.0 Å². The van der Waals surface area contributed by atoms with E-state index in [0.29, 0.717) is 45.8 Å². The van der Waals surface area contributed by atoms with Gasteiger partial charge in [-0.2, -0.15) is 4.39 Å². The minimum absolute atomic E-state index is 0.0538. The summed E-state index contributed by atoms with van der Waals surface area (Å²) in [6, 6.07) is 13.2. The van der Waals surface area contributed by atoms with E-state index in [2.05, 4.69) is 9.71 Å². The Labute approximate surface area is 236 Å². The maximum absolute atomic E-state index is 14.2. The zero-order chi connectivity index (χ0) is 28.9. The number of ether oxygens (including phenoxy) is 3. The monoisotopic (exact) mass is 568 g/mol. The number of methoxy groups -OCH3 is 1. The smallest absolute Gasteiger partial charge is 0.310 e. The second-order valence-electron chi connectivity index (χ2n) is 10.1. The molecule has 1 atom stereocenters. The van der Waals surface area contributed by atoms with Gasteiger partial charge in [0.1, 0.15) is 28.4 Å². The van der Waals surface area contributed by atoms with E-state index in [9.17, 15) is 13.7 Å². The number of nitrogens with zero attached hydrogens (tertiary/aromatic N) is 1. The molecular formula is C30H33FN2O6S. The predicted octanol–water partition coefficient (Wildman–Crippen LogP) is 5.88. The first-order valence-corrected chi connectivity index (χ1v) is 14.0. The van der Waals surface area contributed by atoms with Gasteiger partial charge in [0.2, 0.25) is 0 Å². The Morgan fingerprint density at radius 3 is 2.67 bits per heavy atom. The average Bonchev–Trinajstić information content (AvgIpc) is 3.30. The van der Waals surface area contributed by atoms with Crippen LogP contribution in [0.4, 0.5) is 4.39 Å². The van der Waals surface area contributed by atoms with E-state index in [0.717, 1.165) is 11.1 Å². The number of carbonyl (C=O) groups is 1. The molecule has 0 saturated carbocycles. The van der Waals surface area contributed by atoms with E-state index in [1.807, 2.05) is 39.0 Å². The highest BCUT2D eigenvalue weighted by Gasteiger charge is 2.26. The van der Waals surface area contributed by atoms with Crippen molar-refractivity contribution in [2.24, 2.45) is 0 Å². The van der Waals surface area contributed by atoms with E-state index in [-0.39, 0.29) is 25.6 Å². The molecule has 0 aliphatic heterocycles. The van der Waals surface area contributed by atoms with Crippen LogP contribution >= 0.6 is 0 Å². The Morgan fingerprint density at radius 1 is 1.15 bits per heavy atom. The molecule has 2 aromatic carbocycles. The molecular weight excluding hydrogens is 535 g/mol. The number of furan rings is 1. The lowest BCUT2D eigenvalue weighted by Crippen LogP contribution is -2.39. The molecule has 0 amide bonds. The number of nitrogens with one attached hydrogen (secondary N) is 1. The van der Waals surface area contributed by atoms with E-state index in [4.69, 9.17) is 18.6 Å². The summed E-state index contributed by atoms with van der Waals surface area (Å²) in [5.74, 6) is 0.710. The maximum Gasteiger partial charge on any atom is 0.310 e. The van der Waals surface area contributed by atoms with Crippen molar-refractivity contribution in [2.75, 3.05) is 13.7 Å². The Kier molecular flexibility index (Phi) is 9.34. The van der Waals surface area contributed by atoms with Gasteiger partial charge in [-0.25, -0.2) is 0 Å². The molecule has 10 heteroatoms. The number of benzene rings is 2. The molecule has 2 heterocycles. The Hall–Kier alpha value is -3.60. The molecule has 1 N–H and O–H groups in total. The number of hydrogen-bond acceptors (Lipinski definition) is 8. The van der Waals surface area contributed by atoms with Crippen molar-refractivity contribution in [3.8, 4) is 22.6 Å². The van der Waals surface area contributed by atoms with Crippen molar-refractivity contribution in [3.05, 3.63) is 77.6 Å². The normalized spacial score (nSPS) is 12.4. The molecule has 4 rings (SSSR count). The highest BCUT2D eigenvalue weighted by atomic mass is 32.2.